The smallest absolute Gasteiger partial charge is 0.261 e. The summed E-state index contributed by atoms with van der Waals surface area (Å²) in [5.74, 6) is 0.285. The second kappa shape index (κ2) is 11.7. The summed E-state index contributed by atoms with van der Waals surface area (Å²) >= 11 is 0. The molecule has 0 N–H and O–H groups in total. The second-order valence-corrected chi connectivity index (χ2v) is 9.93. The Hall–Kier alpha value is -3.53. The summed E-state index contributed by atoms with van der Waals surface area (Å²) in [6, 6.07) is 10.3. The molecule has 3 aromatic rings. The summed E-state index contributed by atoms with van der Waals surface area (Å²) < 4.78 is 35.9. The van der Waals surface area contributed by atoms with Gasteiger partial charge in [-0.3, -0.25) is 9.36 Å². The summed E-state index contributed by atoms with van der Waals surface area (Å²) in [6.07, 6.45) is 8.79. The topological polar surface area (TPSA) is 67.9 Å². The number of aromatic nitrogens is 2. The van der Waals surface area contributed by atoms with Gasteiger partial charge in [-0.2, -0.15) is 5.26 Å². The Morgan fingerprint density at radius 2 is 1.73 bits per heavy atom. The number of halogens is 2. The van der Waals surface area contributed by atoms with Crippen molar-refractivity contribution >= 4 is 0 Å². The number of nitriles is 1. The summed E-state index contributed by atoms with van der Waals surface area (Å²) in [5, 5.41) is 9.18. The lowest BCUT2D eigenvalue weighted by Crippen LogP contribution is -2.27. The van der Waals surface area contributed by atoms with Crippen molar-refractivity contribution in [2.24, 2.45) is 13.0 Å². The van der Waals surface area contributed by atoms with Crippen LogP contribution in [0.15, 0.2) is 41.2 Å². The molecule has 0 atom stereocenters. The van der Waals surface area contributed by atoms with E-state index in [2.05, 4.69) is 6.92 Å². The van der Waals surface area contributed by atoms with Crippen LogP contribution in [0.4, 0.5) is 8.78 Å². The molecule has 0 spiro atoms. The van der Waals surface area contributed by atoms with Crippen molar-refractivity contribution in [3.63, 3.8) is 0 Å². The van der Waals surface area contributed by atoms with E-state index >= 15 is 0 Å². The highest BCUT2D eigenvalue weighted by molar-refractivity contribution is 5.80. The number of rotatable bonds is 6. The normalized spacial score (nSPS) is 18.1. The van der Waals surface area contributed by atoms with Crippen molar-refractivity contribution in [1.29, 1.82) is 5.26 Å². The molecule has 0 radical (unpaired) electrons. The van der Waals surface area contributed by atoms with Crippen molar-refractivity contribution in [1.82, 2.24) is 9.55 Å². The number of ether oxygens (including phenoxy) is 1. The molecule has 4 rings (SSSR count). The largest absolute Gasteiger partial charge is 0.494 e. The Bertz CT molecular complexity index is 1370. The molecule has 5 nitrogen and oxygen atoms in total. The van der Waals surface area contributed by atoms with Gasteiger partial charge in [0.25, 0.3) is 5.56 Å². The zero-order valence-corrected chi connectivity index (χ0v) is 21.7. The Morgan fingerprint density at radius 3 is 2.32 bits per heavy atom. The number of methoxy groups -OCH3 is 1. The van der Waals surface area contributed by atoms with E-state index in [-0.39, 0.29) is 34.0 Å². The van der Waals surface area contributed by atoms with Gasteiger partial charge in [0, 0.05) is 18.5 Å². The fraction of sp³-hybridized carbons (Fsp3) is 0.433. The van der Waals surface area contributed by atoms with Crippen molar-refractivity contribution in [3.8, 4) is 34.2 Å². The van der Waals surface area contributed by atoms with Gasteiger partial charge in [-0.05, 0) is 48.6 Å². The molecule has 0 amide bonds. The first-order chi connectivity index (χ1) is 17.9. The minimum Gasteiger partial charge on any atom is -0.494 e. The van der Waals surface area contributed by atoms with Gasteiger partial charge in [-0.15, -0.1) is 0 Å². The summed E-state index contributed by atoms with van der Waals surface area (Å²) in [6.45, 7) is 2.23. The molecule has 1 aliphatic rings. The Labute approximate surface area is 216 Å². The lowest BCUT2D eigenvalue weighted by Gasteiger charge is -2.26. The summed E-state index contributed by atoms with van der Waals surface area (Å²) in [7, 11) is 3.08. The predicted molar refractivity (Wildman–Crippen MR) is 140 cm³/mol. The minimum atomic E-state index is -0.691. The van der Waals surface area contributed by atoms with Crippen molar-refractivity contribution in [2.45, 2.75) is 64.2 Å². The van der Waals surface area contributed by atoms with E-state index < -0.39 is 11.6 Å². The van der Waals surface area contributed by atoms with Crippen LogP contribution in [0.5, 0.6) is 5.75 Å². The zero-order valence-electron chi connectivity index (χ0n) is 21.7. The second-order valence-electron chi connectivity index (χ2n) is 9.93. The van der Waals surface area contributed by atoms with Crippen molar-refractivity contribution < 1.29 is 13.5 Å². The molecule has 1 aromatic heterocycles. The van der Waals surface area contributed by atoms with Gasteiger partial charge in [0.05, 0.1) is 23.9 Å². The molecule has 2 aromatic carbocycles. The van der Waals surface area contributed by atoms with E-state index in [0.29, 0.717) is 17.0 Å². The van der Waals surface area contributed by atoms with E-state index in [1.165, 1.54) is 57.1 Å². The van der Waals surface area contributed by atoms with E-state index in [4.69, 9.17) is 9.72 Å². The third-order valence-corrected chi connectivity index (χ3v) is 7.52. The molecule has 1 fully saturated rings. The summed E-state index contributed by atoms with van der Waals surface area (Å²) in [4.78, 5) is 18.8. The van der Waals surface area contributed by atoms with Crippen LogP contribution in [-0.4, -0.2) is 16.7 Å². The molecular formula is C30H33F2N3O2. The quantitative estimate of drug-likeness (QED) is 0.357. The van der Waals surface area contributed by atoms with Crippen LogP contribution in [0, 0.1) is 28.9 Å². The maximum Gasteiger partial charge on any atom is 0.261 e. The van der Waals surface area contributed by atoms with Gasteiger partial charge in [0.15, 0.2) is 11.6 Å². The fourth-order valence-electron chi connectivity index (χ4n) is 5.58. The van der Waals surface area contributed by atoms with Crippen LogP contribution in [0.3, 0.4) is 0 Å². The van der Waals surface area contributed by atoms with Crippen LogP contribution in [-0.2, 0) is 7.05 Å². The van der Waals surface area contributed by atoms with Crippen LogP contribution >= 0.6 is 0 Å². The first kappa shape index (κ1) is 26.5. The molecule has 37 heavy (non-hydrogen) atoms. The van der Waals surface area contributed by atoms with Crippen LogP contribution in [0.2, 0.25) is 0 Å². The monoisotopic (exact) mass is 505 g/mol. The van der Waals surface area contributed by atoms with Crippen molar-refractivity contribution in [3.05, 3.63) is 69.8 Å². The first-order valence-corrected chi connectivity index (χ1v) is 13.0. The van der Waals surface area contributed by atoms with Gasteiger partial charge in [-0.1, -0.05) is 57.6 Å². The van der Waals surface area contributed by atoms with Gasteiger partial charge in [0.2, 0.25) is 0 Å². The van der Waals surface area contributed by atoms with E-state index in [1.807, 2.05) is 6.07 Å². The average Bonchev–Trinajstić information content (AvgIpc) is 2.87. The third-order valence-electron chi connectivity index (χ3n) is 7.52. The maximum atomic E-state index is 14.7. The Morgan fingerprint density at radius 1 is 1.05 bits per heavy atom. The number of hydrogen-bond donors (Lipinski definition) is 0. The highest BCUT2D eigenvalue weighted by Gasteiger charge is 2.25. The minimum absolute atomic E-state index is 0.0621. The summed E-state index contributed by atoms with van der Waals surface area (Å²) in [5.41, 5.74) is 0.766. The SMILES string of the molecule is CCCC1CCCC(c2nc(-c3ccc(C#N)c(F)c3)c(-c3ccc(OC)c(F)c3)c(=O)n2C)CCC1. The Balaban J connectivity index is 1.85. The molecule has 0 unspecified atom stereocenters. The fourth-order valence-corrected chi connectivity index (χ4v) is 5.58. The molecule has 1 heterocycles. The zero-order chi connectivity index (χ0) is 26.5. The predicted octanol–water partition coefficient (Wildman–Crippen LogP) is 7.13. The van der Waals surface area contributed by atoms with Gasteiger partial charge in [-0.25, -0.2) is 13.8 Å². The number of benzene rings is 2. The molecule has 194 valence electrons. The highest BCUT2D eigenvalue weighted by Crippen LogP contribution is 2.36. The average molecular weight is 506 g/mol. The number of nitrogens with zero attached hydrogens (tertiary/aromatic N) is 3. The lowest BCUT2D eigenvalue weighted by atomic mass is 9.83. The molecule has 1 saturated carbocycles. The molecule has 0 aliphatic heterocycles. The molecule has 0 bridgehead atoms. The highest BCUT2D eigenvalue weighted by atomic mass is 19.1. The molecule has 1 aliphatic carbocycles. The standard InChI is InChI=1S/C30H33F2N3O2/c1-4-7-19-8-5-10-20(11-6-9-19)29-34-28(22-12-13-23(18-33)24(31)17-22)27(30(36)35(29)2)21-14-15-26(37-3)25(32)16-21/h12-17,19-20H,4-11H2,1-3H3. The van der Waals surface area contributed by atoms with E-state index in [1.54, 1.807) is 23.7 Å². The van der Waals surface area contributed by atoms with Gasteiger partial charge >= 0.3 is 0 Å². The van der Waals surface area contributed by atoms with Crippen LogP contribution in [0.1, 0.15) is 75.6 Å². The molecule has 0 saturated heterocycles. The lowest BCUT2D eigenvalue weighted by molar-refractivity contribution is 0.331. The van der Waals surface area contributed by atoms with E-state index in [9.17, 15) is 18.8 Å². The van der Waals surface area contributed by atoms with Gasteiger partial charge in [0.1, 0.15) is 17.7 Å². The Kier molecular flexibility index (Phi) is 8.38. The van der Waals surface area contributed by atoms with Gasteiger partial charge < -0.3 is 4.74 Å². The van der Waals surface area contributed by atoms with Crippen LogP contribution < -0.4 is 10.3 Å². The maximum absolute atomic E-state index is 14.7. The molecular weight excluding hydrogens is 472 g/mol. The molecule has 7 heteroatoms. The van der Waals surface area contributed by atoms with Crippen molar-refractivity contribution in [2.75, 3.05) is 7.11 Å². The third kappa shape index (κ3) is 5.58. The van der Waals surface area contributed by atoms with Crippen LogP contribution in [0.25, 0.3) is 22.4 Å². The number of hydrogen-bond acceptors (Lipinski definition) is 4. The first-order valence-electron chi connectivity index (χ1n) is 13.0. The van der Waals surface area contributed by atoms with E-state index in [0.717, 1.165) is 31.6 Å².